The van der Waals surface area contributed by atoms with Crippen LogP contribution in [0.2, 0.25) is 16.1 Å². The molecule has 0 unspecified atom stereocenters. The van der Waals surface area contributed by atoms with E-state index in [1.807, 2.05) is 0 Å². The lowest BCUT2D eigenvalue weighted by Gasteiger charge is -2.44. The molecule has 0 aromatic rings. The van der Waals surface area contributed by atoms with Gasteiger partial charge in [0.1, 0.15) is 0 Å². The fourth-order valence-electron chi connectivity index (χ4n) is 2.66. The molecular weight excluding hydrogens is 196 g/mol. The molecule has 0 amide bonds. The first-order valence-corrected chi connectivity index (χ1v) is 8.64. The largest absolute Gasteiger partial charge is 0.0652 e. The van der Waals surface area contributed by atoms with E-state index in [-0.39, 0.29) is 0 Å². The van der Waals surface area contributed by atoms with Gasteiger partial charge in [-0.1, -0.05) is 74.3 Å². The van der Waals surface area contributed by atoms with Crippen LogP contribution >= 0.6 is 0 Å². The zero-order chi connectivity index (χ0) is 12.3. The van der Waals surface area contributed by atoms with Gasteiger partial charge in [-0.05, 0) is 16.0 Å². The van der Waals surface area contributed by atoms with Crippen LogP contribution in [0.25, 0.3) is 0 Å². The Balaban J connectivity index is 4.89. The monoisotopic (exact) mass is 228 g/mol. The van der Waals surface area contributed by atoms with Crippen LogP contribution in [0.4, 0.5) is 0 Å². The van der Waals surface area contributed by atoms with Gasteiger partial charge in [0.25, 0.3) is 0 Å². The first-order valence-electron chi connectivity index (χ1n) is 6.67. The van der Waals surface area contributed by atoms with Crippen LogP contribution in [0.1, 0.15) is 68.2 Å². The zero-order valence-electron chi connectivity index (χ0n) is 12.3. The van der Waals surface area contributed by atoms with Gasteiger partial charge < -0.3 is 0 Å². The molecule has 0 nitrogen and oxygen atoms in total. The van der Waals surface area contributed by atoms with Crippen molar-refractivity contribution in [3.05, 3.63) is 0 Å². The van der Waals surface area contributed by atoms with Crippen molar-refractivity contribution in [2.75, 3.05) is 0 Å². The van der Waals surface area contributed by atoms with Gasteiger partial charge in [-0.2, -0.15) is 0 Å². The summed E-state index contributed by atoms with van der Waals surface area (Å²) in [5, 5.41) is 1.23. The molecule has 0 spiro atoms. The molecule has 0 radical (unpaired) electrons. The maximum Gasteiger partial charge on any atom is 0.0485 e. The van der Waals surface area contributed by atoms with Gasteiger partial charge in [0.15, 0.2) is 0 Å². The van der Waals surface area contributed by atoms with Gasteiger partial charge in [-0.25, -0.2) is 0 Å². The predicted octanol–water partition coefficient (Wildman–Crippen LogP) is 5.25. The fraction of sp³-hybridized carbons (Fsp3) is 1.00. The minimum absolute atomic E-state index is 0.615. The number of rotatable bonds is 6. The lowest BCUT2D eigenvalue weighted by atomic mass is 10.1. The number of hydrogen-bond acceptors (Lipinski definition) is 0. The van der Waals surface area contributed by atoms with E-state index < -0.39 is 8.80 Å². The van der Waals surface area contributed by atoms with E-state index in [0.717, 1.165) is 5.92 Å². The Hall–Kier alpha value is 0.217. The Kier molecular flexibility index (Phi) is 5.60. The first-order chi connectivity index (χ1) is 6.67. The summed E-state index contributed by atoms with van der Waals surface area (Å²) in [5.41, 5.74) is 0. The molecule has 0 aliphatic heterocycles. The molecule has 0 aromatic heterocycles. The average Bonchev–Trinajstić information content (AvgIpc) is 2.13. The predicted molar refractivity (Wildman–Crippen MR) is 75.5 cm³/mol. The van der Waals surface area contributed by atoms with E-state index in [1.54, 1.807) is 0 Å². The van der Waals surface area contributed by atoms with Crippen molar-refractivity contribution >= 4 is 8.80 Å². The molecule has 0 aliphatic carbocycles. The topological polar surface area (TPSA) is 0 Å². The average molecular weight is 228 g/mol. The smallest absolute Gasteiger partial charge is 0.0485 e. The molecule has 0 bridgehead atoms. The van der Waals surface area contributed by atoms with Gasteiger partial charge >= 0.3 is 0 Å². The highest BCUT2D eigenvalue weighted by Gasteiger charge is 2.39. The second kappa shape index (κ2) is 5.52. The second-order valence-corrected chi connectivity index (χ2v) is 11.6. The highest BCUT2D eigenvalue weighted by molar-refractivity contribution is 6.65. The normalized spacial score (nSPS) is 14.0. The summed E-state index contributed by atoms with van der Waals surface area (Å²) >= 11 is 0. The molecule has 0 aromatic carbocycles. The molecule has 0 atom stereocenters. The maximum absolute atomic E-state index is 2.50. The van der Waals surface area contributed by atoms with E-state index >= 15 is 0 Å². The van der Waals surface area contributed by atoms with Crippen LogP contribution in [0.15, 0.2) is 0 Å². The van der Waals surface area contributed by atoms with E-state index in [1.165, 1.54) is 18.9 Å². The maximum atomic E-state index is 2.50. The van der Waals surface area contributed by atoms with E-state index in [4.69, 9.17) is 0 Å². The van der Waals surface area contributed by atoms with E-state index in [2.05, 4.69) is 55.4 Å². The molecule has 1 heteroatoms. The minimum atomic E-state index is -0.710. The standard InChI is InChI=1S/C14H32Si/c1-9-13(5,6)15(11-12(3)4)14(7,8)10-2/h12,15H,9-11H2,1-8H3. The molecule has 15 heavy (non-hydrogen) atoms. The van der Waals surface area contributed by atoms with Crippen molar-refractivity contribution in [2.45, 2.75) is 84.4 Å². The van der Waals surface area contributed by atoms with Crippen LogP contribution in [0.5, 0.6) is 0 Å². The van der Waals surface area contributed by atoms with Gasteiger partial charge in [0, 0.05) is 8.80 Å². The van der Waals surface area contributed by atoms with Crippen molar-refractivity contribution in [1.29, 1.82) is 0 Å². The fourth-order valence-corrected chi connectivity index (χ4v) is 7.98. The zero-order valence-corrected chi connectivity index (χ0v) is 13.4. The van der Waals surface area contributed by atoms with Crippen molar-refractivity contribution in [1.82, 2.24) is 0 Å². The number of hydrogen-bond donors (Lipinski definition) is 0. The van der Waals surface area contributed by atoms with Gasteiger partial charge in [-0.15, -0.1) is 0 Å². The summed E-state index contributed by atoms with van der Waals surface area (Å²) in [6.07, 6.45) is 2.69. The van der Waals surface area contributed by atoms with Crippen molar-refractivity contribution < 1.29 is 0 Å². The molecule has 0 heterocycles. The molecule has 0 N–H and O–H groups in total. The second-order valence-electron chi connectivity index (χ2n) is 6.87. The lowest BCUT2D eigenvalue weighted by Crippen LogP contribution is -2.38. The quantitative estimate of drug-likeness (QED) is 0.545. The van der Waals surface area contributed by atoms with Crippen LogP contribution in [-0.4, -0.2) is 8.80 Å². The molecule has 0 rings (SSSR count). The van der Waals surface area contributed by atoms with Gasteiger partial charge in [0.05, 0.1) is 0 Å². The Labute approximate surface area is 99.5 Å². The molecule has 0 saturated heterocycles. The summed E-state index contributed by atoms with van der Waals surface area (Å²) in [5.74, 6) is 0.873. The first kappa shape index (κ1) is 15.2. The Morgan fingerprint density at radius 3 is 1.40 bits per heavy atom. The minimum Gasteiger partial charge on any atom is -0.0652 e. The van der Waals surface area contributed by atoms with Crippen molar-refractivity contribution in [2.24, 2.45) is 5.92 Å². The Morgan fingerprint density at radius 1 is 0.867 bits per heavy atom. The molecule has 92 valence electrons. The van der Waals surface area contributed by atoms with Crippen LogP contribution < -0.4 is 0 Å². The van der Waals surface area contributed by atoms with E-state index in [0.29, 0.717) is 10.1 Å². The molecule has 0 saturated carbocycles. The third-order valence-electron chi connectivity index (χ3n) is 4.42. The third kappa shape index (κ3) is 4.30. The SMILES string of the molecule is CCC(C)(C)[SiH](CC(C)C)C(C)(C)CC. The van der Waals surface area contributed by atoms with E-state index in [9.17, 15) is 0 Å². The summed E-state index contributed by atoms with van der Waals surface area (Å²) in [4.78, 5) is 0. The van der Waals surface area contributed by atoms with Gasteiger partial charge in [-0.3, -0.25) is 0 Å². The highest BCUT2D eigenvalue weighted by Crippen LogP contribution is 2.49. The Morgan fingerprint density at radius 2 is 1.20 bits per heavy atom. The lowest BCUT2D eigenvalue weighted by molar-refractivity contribution is 0.530. The van der Waals surface area contributed by atoms with Crippen LogP contribution in [0.3, 0.4) is 0 Å². The third-order valence-corrected chi connectivity index (χ3v) is 10.4. The Bertz CT molecular complexity index is 164. The van der Waals surface area contributed by atoms with Crippen LogP contribution in [0, 0.1) is 5.92 Å². The molecule has 0 fully saturated rings. The summed E-state index contributed by atoms with van der Waals surface area (Å²) in [6, 6.07) is 1.50. The summed E-state index contributed by atoms with van der Waals surface area (Å²) < 4.78 is 0. The summed E-state index contributed by atoms with van der Waals surface area (Å²) in [7, 11) is -0.710. The highest BCUT2D eigenvalue weighted by atomic mass is 28.3. The molecule has 0 aliphatic rings. The van der Waals surface area contributed by atoms with Crippen molar-refractivity contribution in [3.8, 4) is 0 Å². The van der Waals surface area contributed by atoms with Crippen LogP contribution in [-0.2, 0) is 0 Å². The molecular formula is C14H32Si. The van der Waals surface area contributed by atoms with Crippen molar-refractivity contribution in [3.63, 3.8) is 0 Å². The summed E-state index contributed by atoms with van der Waals surface area (Å²) in [6.45, 7) is 19.5. The van der Waals surface area contributed by atoms with Gasteiger partial charge in [0.2, 0.25) is 0 Å².